The van der Waals surface area contributed by atoms with Crippen molar-refractivity contribution in [2.75, 3.05) is 19.3 Å². The van der Waals surface area contributed by atoms with Crippen LogP contribution in [0.25, 0.3) is 33.4 Å². The van der Waals surface area contributed by atoms with E-state index in [1.807, 2.05) is 49.4 Å². The van der Waals surface area contributed by atoms with Crippen LogP contribution in [0.4, 0.5) is 5.82 Å². The predicted octanol–water partition coefficient (Wildman–Crippen LogP) is 3.13. The summed E-state index contributed by atoms with van der Waals surface area (Å²) in [7, 11) is 1.62. The molecule has 1 amide bonds. The van der Waals surface area contributed by atoms with Gasteiger partial charge < -0.3 is 15.7 Å². The molecule has 7 heteroatoms. The molecule has 4 rings (SSSR count). The molecule has 2 heterocycles. The highest BCUT2D eigenvalue weighted by Crippen LogP contribution is 2.30. The number of nitrogens with two attached hydrogens (primary N) is 1. The number of anilines is 1. The average molecular weight is 438 g/mol. The van der Waals surface area contributed by atoms with E-state index in [-0.39, 0.29) is 0 Å². The summed E-state index contributed by atoms with van der Waals surface area (Å²) in [6.07, 6.45) is 2.10. The third-order valence-corrected chi connectivity index (χ3v) is 5.30. The maximum absolute atomic E-state index is 12.0. The Hall–Kier alpha value is -4.28. The highest BCUT2D eigenvalue weighted by Gasteiger charge is 2.15. The maximum atomic E-state index is 12.0. The molecule has 164 valence electrons. The number of nitrogens with zero attached hydrogens (tertiary/aromatic N) is 4. The van der Waals surface area contributed by atoms with Crippen molar-refractivity contribution < 1.29 is 9.90 Å². The fourth-order valence-electron chi connectivity index (χ4n) is 3.34. The van der Waals surface area contributed by atoms with E-state index in [9.17, 15) is 9.90 Å². The second-order valence-electron chi connectivity index (χ2n) is 7.48. The van der Waals surface area contributed by atoms with Crippen molar-refractivity contribution >= 4 is 22.6 Å². The summed E-state index contributed by atoms with van der Waals surface area (Å²) in [5, 5.41) is 10.8. The van der Waals surface area contributed by atoms with Gasteiger partial charge in [-0.2, -0.15) is 0 Å². The van der Waals surface area contributed by atoms with E-state index >= 15 is 0 Å². The number of pyridine rings is 1. The number of amides is 1. The molecule has 1 unspecified atom stereocenters. The second kappa shape index (κ2) is 9.47. The van der Waals surface area contributed by atoms with Crippen LogP contribution >= 0.6 is 0 Å². The highest BCUT2D eigenvalue weighted by molar-refractivity contribution is 5.99. The van der Waals surface area contributed by atoms with Crippen molar-refractivity contribution in [3.05, 3.63) is 72.6 Å². The van der Waals surface area contributed by atoms with Crippen LogP contribution in [-0.4, -0.2) is 50.6 Å². The molecular weight excluding hydrogens is 414 g/mol. The van der Waals surface area contributed by atoms with E-state index in [1.54, 1.807) is 31.6 Å². The number of fused-ring (bicyclic) bond motifs is 1. The van der Waals surface area contributed by atoms with Gasteiger partial charge in [0.2, 0.25) is 0 Å². The van der Waals surface area contributed by atoms with Crippen molar-refractivity contribution in [2.45, 2.75) is 13.0 Å². The van der Waals surface area contributed by atoms with E-state index in [4.69, 9.17) is 5.73 Å². The van der Waals surface area contributed by atoms with Crippen molar-refractivity contribution in [2.24, 2.45) is 0 Å². The van der Waals surface area contributed by atoms with Gasteiger partial charge >= 0.3 is 0 Å². The average Bonchev–Trinajstić information content (AvgIpc) is 2.87. The van der Waals surface area contributed by atoms with E-state index < -0.39 is 12.0 Å². The van der Waals surface area contributed by atoms with Crippen LogP contribution in [-0.2, 0) is 4.79 Å². The minimum Gasteiger partial charge on any atom is -0.382 e. The number of nitrogen functional groups attached to an aromatic ring is 1. The number of likely N-dealkylation sites (N-methyl/N-ethyl adjacent to an activating group) is 1. The largest absolute Gasteiger partial charge is 0.382 e. The number of aliphatic hydroxyl groups excluding tert-OH is 1. The SMILES string of the molecule is CCN(C)C(=O)C(O)C#Cc1cccc(-c2ncc3c(-c4ccccc4)cnc(N)c3n2)c1. The first-order valence-electron chi connectivity index (χ1n) is 10.5. The Morgan fingerprint density at radius 1 is 1.09 bits per heavy atom. The predicted molar refractivity (Wildman–Crippen MR) is 129 cm³/mol. The summed E-state index contributed by atoms with van der Waals surface area (Å²) in [5.41, 5.74) is 9.98. The zero-order valence-electron chi connectivity index (χ0n) is 18.4. The number of aliphatic hydroxyl groups is 1. The van der Waals surface area contributed by atoms with Crippen LogP contribution in [0.15, 0.2) is 67.0 Å². The first-order chi connectivity index (χ1) is 16.0. The number of benzene rings is 2. The number of hydrogen-bond donors (Lipinski definition) is 2. The molecule has 0 aliphatic rings. The Labute approximate surface area is 191 Å². The molecule has 4 aromatic rings. The number of carbonyl (C=O) groups is 1. The molecule has 0 aliphatic carbocycles. The quantitative estimate of drug-likeness (QED) is 0.475. The topological polar surface area (TPSA) is 105 Å². The zero-order valence-corrected chi connectivity index (χ0v) is 18.4. The summed E-state index contributed by atoms with van der Waals surface area (Å²) in [6.45, 7) is 2.33. The van der Waals surface area contributed by atoms with Gasteiger partial charge in [0.1, 0.15) is 11.3 Å². The monoisotopic (exact) mass is 437 g/mol. The summed E-state index contributed by atoms with van der Waals surface area (Å²) in [6, 6.07) is 17.2. The second-order valence-corrected chi connectivity index (χ2v) is 7.48. The van der Waals surface area contributed by atoms with Gasteiger partial charge in [0.25, 0.3) is 5.91 Å². The van der Waals surface area contributed by atoms with Gasteiger partial charge in [0.05, 0.1) is 0 Å². The molecular formula is C26H23N5O2. The Balaban J connectivity index is 1.69. The molecule has 0 bridgehead atoms. The summed E-state index contributed by atoms with van der Waals surface area (Å²) < 4.78 is 0. The molecule has 0 saturated heterocycles. The van der Waals surface area contributed by atoms with Gasteiger partial charge in [-0.1, -0.05) is 54.3 Å². The van der Waals surface area contributed by atoms with Gasteiger partial charge in [-0.15, -0.1) is 0 Å². The molecule has 2 aromatic carbocycles. The zero-order chi connectivity index (χ0) is 23.4. The minimum atomic E-state index is -1.38. The van der Waals surface area contributed by atoms with Crippen LogP contribution in [0.3, 0.4) is 0 Å². The Morgan fingerprint density at radius 2 is 1.85 bits per heavy atom. The van der Waals surface area contributed by atoms with E-state index in [2.05, 4.69) is 26.8 Å². The van der Waals surface area contributed by atoms with E-state index in [1.165, 1.54) is 4.90 Å². The molecule has 0 saturated carbocycles. The lowest BCUT2D eigenvalue weighted by Crippen LogP contribution is -2.35. The smallest absolute Gasteiger partial charge is 0.263 e. The molecule has 3 N–H and O–H groups in total. The minimum absolute atomic E-state index is 0.325. The number of hydrogen-bond acceptors (Lipinski definition) is 6. The number of aromatic nitrogens is 3. The van der Waals surface area contributed by atoms with Gasteiger partial charge in [0.15, 0.2) is 11.9 Å². The normalized spacial score (nSPS) is 11.5. The Morgan fingerprint density at radius 3 is 2.61 bits per heavy atom. The van der Waals surface area contributed by atoms with Crippen molar-refractivity contribution in [3.63, 3.8) is 0 Å². The number of carbonyl (C=O) groups excluding carboxylic acids is 1. The standard InChI is InChI=1S/C26H23N5O2/c1-3-31(2)26(33)22(32)13-12-17-8-7-11-19(14-17)25-29-16-21-20(18-9-5-4-6-10-18)15-28-24(27)23(21)30-25/h4-11,14-16,22,32H,3H2,1-2H3,(H2,27,28). The van der Waals surface area contributed by atoms with E-state index in [0.29, 0.717) is 29.3 Å². The fraction of sp³-hybridized carbons (Fsp3) is 0.154. The van der Waals surface area contributed by atoms with Crippen molar-refractivity contribution in [3.8, 4) is 34.4 Å². The van der Waals surface area contributed by atoms with Crippen LogP contribution in [0.5, 0.6) is 0 Å². The first-order valence-corrected chi connectivity index (χ1v) is 10.5. The third-order valence-electron chi connectivity index (χ3n) is 5.30. The summed E-state index contributed by atoms with van der Waals surface area (Å²) in [4.78, 5) is 27.0. The third kappa shape index (κ3) is 4.66. The maximum Gasteiger partial charge on any atom is 0.263 e. The summed E-state index contributed by atoms with van der Waals surface area (Å²) >= 11 is 0. The first kappa shape index (κ1) is 21.9. The molecule has 0 aliphatic heterocycles. The van der Waals surface area contributed by atoms with Crippen LogP contribution in [0.1, 0.15) is 12.5 Å². The molecule has 2 aromatic heterocycles. The van der Waals surface area contributed by atoms with Gasteiger partial charge in [-0.05, 0) is 24.6 Å². The van der Waals surface area contributed by atoms with Crippen molar-refractivity contribution in [1.29, 1.82) is 0 Å². The van der Waals surface area contributed by atoms with Gasteiger partial charge in [0, 0.05) is 48.1 Å². The molecule has 0 spiro atoms. The lowest BCUT2D eigenvalue weighted by atomic mass is 10.0. The summed E-state index contributed by atoms with van der Waals surface area (Å²) in [5.74, 6) is 5.82. The number of rotatable bonds is 4. The molecule has 33 heavy (non-hydrogen) atoms. The lowest BCUT2D eigenvalue weighted by molar-refractivity contribution is -0.135. The lowest BCUT2D eigenvalue weighted by Gasteiger charge is -2.15. The molecule has 7 nitrogen and oxygen atoms in total. The fourth-order valence-corrected chi connectivity index (χ4v) is 3.34. The van der Waals surface area contributed by atoms with E-state index in [0.717, 1.165) is 22.1 Å². The molecule has 0 radical (unpaired) electrons. The Kier molecular flexibility index (Phi) is 6.29. The van der Waals surface area contributed by atoms with Gasteiger partial charge in [-0.25, -0.2) is 15.0 Å². The van der Waals surface area contributed by atoms with Crippen LogP contribution in [0, 0.1) is 11.8 Å². The van der Waals surface area contributed by atoms with Gasteiger partial charge in [-0.3, -0.25) is 4.79 Å². The van der Waals surface area contributed by atoms with Crippen molar-refractivity contribution in [1.82, 2.24) is 19.9 Å². The van der Waals surface area contributed by atoms with Crippen LogP contribution < -0.4 is 5.73 Å². The Bertz CT molecular complexity index is 1380. The van der Waals surface area contributed by atoms with Crippen LogP contribution in [0.2, 0.25) is 0 Å². The highest BCUT2D eigenvalue weighted by atomic mass is 16.3. The molecule has 1 atom stereocenters. The molecule has 0 fully saturated rings.